The molecule has 0 N–H and O–H groups in total. The molecule has 0 aliphatic carbocycles. The molecule has 0 radical (unpaired) electrons. The summed E-state index contributed by atoms with van der Waals surface area (Å²) in [7, 11) is 0. The molecule has 9 heavy (non-hydrogen) atoms. The van der Waals surface area contributed by atoms with Crippen LogP contribution in [0.4, 0.5) is 0 Å². The molecule has 0 aromatic rings. The first-order valence-corrected chi connectivity index (χ1v) is 3.68. The average Bonchev–Trinajstić information content (AvgIpc) is 1.89. The van der Waals surface area contributed by atoms with Crippen LogP contribution >= 0.6 is 0 Å². The van der Waals surface area contributed by atoms with Crippen molar-refractivity contribution in [3.63, 3.8) is 0 Å². The topological polar surface area (TPSA) is 0 Å². The summed E-state index contributed by atoms with van der Waals surface area (Å²) in [6.45, 7) is 4.24. The number of rotatable bonds is 4. The summed E-state index contributed by atoms with van der Waals surface area (Å²) in [4.78, 5) is 0. The van der Waals surface area contributed by atoms with Crippen molar-refractivity contribution in [1.82, 2.24) is 0 Å². The Labute approximate surface area is 58.3 Å². The molecule has 0 atom stereocenters. The summed E-state index contributed by atoms with van der Waals surface area (Å²) in [5.41, 5.74) is 0. The molecule has 0 fully saturated rings. The largest absolute Gasteiger partial charge is 0.0914 e. The van der Waals surface area contributed by atoms with Gasteiger partial charge in [0.15, 0.2) is 0 Å². The molecule has 0 aliphatic heterocycles. The lowest BCUT2D eigenvalue weighted by Gasteiger charge is -1.81. The van der Waals surface area contributed by atoms with E-state index in [0.29, 0.717) is 0 Å². The first-order valence-electron chi connectivity index (χ1n) is 3.68. The number of hydrogen-bond acceptors (Lipinski definition) is 0. The number of unbranched alkanes of at least 4 members (excludes halogenated alkanes) is 1. The Morgan fingerprint density at radius 3 is 2.44 bits per heavy atom. The Hall–Kier alpha value is -0.520. The number of hydrogen-bond donors (Lipinski definition) is 0. The molecule has 0 bridgehead atoms. The highest BCUT2D eigenvalue weighted by Crippen LogP contribution is 1.91. The fraction of sp³-hybridized carbons (Fsp3) is 0.556. The first kappa shape index (κ1) is 8.48. The van der Waals surface area contributed by atoms with E-state index in [1.807, 2.05) is 6.92 Å². The lowest BCUT2D eigenvalue weighted by molar-refractivity contribution is 0.954. The monoisotopic (exact) mass is 124 g/mol. The predicted octanol–water partition coefficient (Wildman–Crippen LogP) is 3.31. The van der Waals surface area contributed by atoms with Crippen LogP contribution < -0.4 is 0 Å². The van der Waals surface area contributed by atoms with Crippen molar-refractivity contribution in [2.75, 3.05) is 0 Å². The quantitative estimate of drug-likeness (QED) is 0.504. The molecule has 0 amide bonds. The highest BCUT2D eigenvalue weighted by molar-refractivity contribution is 4.90. The maximum Gasteiger partial charge on any atom is -0.0169 e. The maximum absolute atomic E-state index is 2.24. The summed E-state index contributed by atoms with van der Waals surface area (Å²) in [5.74, 6) is 0. The molecule has 0 aliphatic rings. The fourth-order valence-corrected chi connectivity index (χ4v) is 0.595. The van der Waals surface area contributed by atoms with Crippen LogP contribution in [0.1, 0.15) is 33.1 Å². The van der Waals surface area contributed by atoms with Gasteiger partial charge in [0.25, 0.3) is 0 Å². The second-order valence-electron chi connectivity index (χ2n) is 2.06. The Kier molecular flexibility index (Phi) is 7.05. The van der Waals surface area contributed by atoms with E-state index < -0.39 is 0 Å². The van der Waals surface area contributed by atoms with Crippen LogP contribution in [-0.2, 0) is 0 Å². The maximum atomic E-state index is 2.24. The van der Waals surface area contributed by atoms with Crippen LogP contribution in [0.15, 0.2) is 24.3 Å². The minimum absolute atomic E-state index is 1.09. The molecule has 0 saturated carbocycles. The van der Waals surface area contributed by atoms with Crippen LogP contribution in [0, 0.1) is 0 Å². The van der Waals surface area contributed by atoms with Gasteiger partial charge in [-0.25, -0.2) is 0 Å². The van der Waals surface area contributed by atoms with Gasteiger partial charge in [-0.05, 0) is 19.8 Å². The van der Waals surface area contributed by atoms with E-state index in [0.717, 1.165) is 6.42 Å². The zero-order valence-corrected chi connectivity index (χ0v) is 6.43. The van der Waals surface area contributed by atoms with Crippen LogP contribution in [0.5, 0.6) is 0 Å². The standard InChI is InChI=1S/C9H16/c1-3-5-7-9-8-6-4-2/h3,5,8-9H,4,6-7H2,1-2H3/b5-3?,9-8-. The van der Waals surface area contributed by atoms with Crippen LogP contribution in [0.2, 0.25) is 0 Å². The SMILES string of the molecule is CC=CC/C=C\CCC. The third kappa shape index (κ3) is 7.48. The highest BCUT2D eigenvalue weighted by Gasteiger charge is 1.70. The lowest BCUT2D eigenvalue weighted by atomic mass is 10.3. The Bertz CT molecular complexity index is 88.2. The van der Waals surface area contributed by atoms with Gasteiger partial charge < -0.3 is 0 Å². The van der Waals surface area contributed by atoms with Gasteiger partial charge in [0, 0.05) is 0 Å². The Morgan fingerprint density at radius 1 is 1.11 bits per heavy atom. The molecule has 0 unspecified atom stereocenters. The summed E-state index contributed by atoms with van der Waals surface area (Å²) in [6, 6.07) is 0. The molecule has 0 aromatic carbocycles. The normalized spacial score (nSPS) is 11.8. The van der Waals surface area contributed by atoms with Crippen molar-refractivity contribution in [2.45, 2.75) is 33.1 Å². The summed E-state index contributed by atoms with van der Waals surface area (Å²) in [6.07, 6.45) is 12.3. The third-order valence-corrected chi connectivity index (χ3v) is 1.13. The summed E-state index contributed by atoms with van der Waals surface area (Å²) in [5, 5.41) is 0. The van der Waals surface area contributed by atoms with Crippen molar-refractivity contribution in [1.29, 1.82) is 0 Å². The molecular weight excluding hydrogens is 108 g/mol. The van der Waals surface area contributed by atoms with Gasteiger partial charge in [0.1, 0.15) is 0 Å². The second kappa shape index (κ2) is 7.48. The van der Waals surface area contributed by atoms with Crippen molar-refractivity contribution in [3.8, 4) is 0 Å². The van der Waals surface area contributed by atoms with Crippen molar-refractivity contribution < 1.29 is 0 Å². The van der Waals surface area contributed by atoms with E-state index in [1.165, 1.54) is 12.8 Å². The summed E-state index contributed by atoms with van der Waals surface area (Å²) < 4.78 is 0. The van der Waals surface area contributed by atoms with Gasteiger partial charge in [0.05, 0.1) is 0 Å². The van der Waals surface area contributed by atoms with E-state index in [4.69, 9.17) is 0 Å². The van der Waals surface area contributed by atoms with Crippen molar-refractivity contribution in [3.05, 3.63) is 24.3 Å². The second-order valence-corrected chi connectivity index (χ2v) is 2.06. The van der Waals surface area contributed by atoms with Crippen LogP contribution in [-0.4, -0.2) is 0 Å². The van der Waals surface area contributed by atoms with Gasteiger partial charge in [-0.15, -0.1) is 0 Å². The minimum Gasteiger partial charge on any atom is -0.0914 e. The molecule has 0 spiro atoms. The Balaban J connectivity index is 3.04. The van der Waals surface area contributed by atoms with Crippen molar-refractivity contribution >= 4 is 0 Å². The molecule has 0 heteroatoms. The Morgan fingerprint density at radius 2 is 1.89 bits per heavy atom. The first-order chi connectivity index (χ1) is 4.41. The van der Waals surface area contributed by atoms with E-state index in [9.17, 15) is 0 Å². The lowest BCUT2D eigenvalue weighted by Crippen LogP contribution is -1.61. The third-order valence-electron chi connectivity index (χ3n) is 1.13. The van der Waals surface area contributed by atoms with Gasteiger partial charge in [-0.3, -0.25) is 0 Å². The smallest absolute Gasteiger partial charge is 0.0169 e. The van der Waals surface area contributed by atoms with Gasteiger partial charge in [-0.2, -0.15) is 0 Å². The van der Waals surface area contributed by atoms with Gasteiger partial charge in [0.2, 0.25) is 0 Å². The van der Waals surface area contributed by atoms with E-state index in [-0.39, 0.29) is 0 Å². The average molecular weight is 124 g/mol. The predicted molar refractivity (Wildman–Crippen MR) is 43.5 cm³/mol. The highest BCUT2D eigenvalue weighted by atomic mass is 13.8. The fourth-order valence-electron chi connectivity index (χ4n) is 0.595. The molecule has 0 nitrogen and oxygen atoms in total. The zero-order chi connectivity index (χ0) is 6.95. The van der Waals surface area contributed by atoms with Crippen LogP contribution in [0.3, 0.4) is 0 Å². The zero-order valence-electron chi connectivity index (χ0n) is 6.43. The molecule has 52 valence electrons. The number of allylic oxidation sites excluding steroid dienone is 4. The molecule has 0 saturated heterocycles. The summed E-state index contributed by atoms with van der Waals surface area (Å²) >= 11 is 0. The van der Waals surface area contributed by atoms with Gasteiger partial charge >= 0.3 is 0 Å². The molecular formula is C9H16. The van der Waals surface area contributed by atoms with E-state index in [2.05, 4.69) is 31.2 Å². The van der Waals surface area contributed by atoms with Gasteiger partial charge in [-0.1, -0.05) is 37.6 Å². The molecule has 0 aromatic heterocycles. The van der Waals surface area contributed by atoms with E-state index >= 15 is 0 Å². The van der Waals surface area contributed by atoms with Crippen LogP contribution in [0.25, 0.3) is 0 Å². The van der Waals surface area contributed by atoms with E-state index in [1.54, 1.807) is 0 Å². The molecule has 0 rings (SSSR count). The van der Waals surface area contributed by atoms with Crippen molar-refractivity contribution in [2.24, 2.45) is 0 Å². The molecule has 0 heterocycles. The minimum atomic E-state index is 1.09.